The third-order valence-electron chi connectivity index (χ3n) is 2.49. The van der Waals surface area contributed by atoms with Gasteiger partial charge in [0.1, 0.15) is 11.5 Å². The summed E-state index contributed by atoms with van der Waals surface area (Å²) >= 11 is 6.05. The van der Waals surface area contributed by atoms with Crippen LogP contribution in [0.4, 0.5) is 5.69 Å². The molecule has 0 bridgehead atoms. The molecule has 7 heteroatoms. The summed E-state index contributed by atoms with van der Waals surface area (Å²) in [4.78, 5) is 14.7. The third kappa shape index (κ3) is 2.20. The van der Waals surface area contributed by atoms with E-state index in [2.05, 4.69) is 4.98 Å². The number of nitrogens with zero attached hydrogens (tertiary/aromatic N) is 3. The van der Waals surface area contributed by atoms with Crippen LogP contribution in [0.2, 0.25) is 5.02 Å². The number of hydrogen-bond acceptors (Lipinski definition) is 4. The van der Waals surface area contributed by atoms with Crippen LogP contribution in [0.1, 0.15) is 5.82 Å². The maximum atomic E-state index is 11.0. The number of nitrogens with two attached hydrogens (primary N) is 1. The molecule has 0 unspecified atom stereocenters. The van der Waals surface area contributed by atoms with Crippen LogP contribution < -0.4 is 5.73 Å². The van der Waals surface area contributed by atoms with Gasteiger partial charge >= 0.3 is 0 Å². The molecule has 0 amide bonds. The predicted octanol–water partition coefficient (Wildman–Crippen LogP) is 1.94. The van der Waals surface area contributed by atoms with Crippen LogP contribution in [0.25, 0.3) is 5.69 Å². The zero-order chi connectivity index (χ0) is 13.1. The van der Waals surface area contributed by atoms with Crippen LogP contribution >= 0.6 is 11.6 Å². The minimum Gasteiger partial charge on any atom is -0.330 e. The number of hydrogen-bond donors (Lipinski definition) is 1. The Kier molecular flexibility index (Phi) is 3.59. The summed E-state index contributed by atoms with van der Waals surface area (Å²) in [5.41, 5.74) is 5.75. The molecule has 6 nitrogen and oxygen atoms in total. The topological polar surface area (TPSA) is 87.0 Å². The van der Waals surface area contributed by atoms with Crippen molar-refractivity contribution in [2.75, 3.05) is 6.54 Å². The van der Waals surface area contributed by atoms with Gasteiger partial charge < -0.3 is 5.73 Å². The zero-order valence-electron chi connectivity index (χ0n) is 9.41. The molecule has 0 saturated carbocycles. The lowest BCUT2D eigenvalue weighted by atomic mass is 10.2. The maximum Gasteiger partial charge on any atom is 0.294 e. The van der Waals surface area contributed by atoms with Gasteiger partial charge in [-0.25, -0.2) is 4.98 Å². The van der Waals surface area contributed by atoms with E-state index in [0.29, 0.717) is 29.5 Å². The van der Waals surface area contributed by atoms with Crippen molar-refractivity contribution in [1.29, 1.82) is 0 Å². The molecular weight excluding hydrogens is 256 g/mol. The van der Waals surface area contributed by atoms with Crippen LogP contribution in [0.5, 0.6) is 0 Å². The highest BCUT2D eigenvalue weighted by Gasteiger charge is 2.20. The molecule has 0 saturated heterocycles. The summed E-state index contributed by atoms with van der Waals surface area (Å²) in [7, 11) is 0. The molecule has 2 N–H and O–H groups in total. The molecule has 0 fully saturated rings. The number of para-hydroxylation sites is 1. The highest BCUT2D eigenvalue weighted by atomic mass is 35.5. The quantitative estimate of drug-likeness (QED) is 0.677. The van der Waals surface area contributed by atoms with Crippen molar-refractivity contribution in [3.8, 4) is 5.69 Å². The SMILES string of the molecule is NCCc1nccn1-c1c(Cl)cccc1[N+](=O)[O-]. The van der Waals surface area contributed by atoms with Gasteiger partial charge in [-0.05, 0) is 12.6 Å². The molecule has 0 spiro atoms. The Morgan fingerprint density at radius 2 is 2.28 bits per heavy atom. The van der Waals surface area contributed by atoms with Gasteiger partial charge in [0.25, 0.3) is 5.69 Å². The molecule has 0 atom stereocenters. The Balaban J connectivity index is 2.62. The lowest BCUT2D eigenvalue weighted by Gasteiger charge is -2.09. The van der Waals surface area contributed by atoms with Crippen LogP contribution in [-0.2, 0) is 6.42 Å². The van der Waals surface area contributed by atoms with Crippen LogP contribution in [-0.4, -0.2) is 21.0 Å². The standard InChI is InChI=1S/C11H11ClN4O2/c12-8-2-1-3-9(16(17)18)11(8)15-7-6-14-10(15)4-5-13/h1-3,6-7H,4-5,13H2. The summed E-state index contributed by atoms with van der Waals surface area (Å²) < 4.78 is 1.60. The number of rotatable bonds is 4. The van der Waals surface area contributed by atoms with Gasteiger partial charge in [0.05, 0.1) is 9.95 Å². The predicted molar refractivity (Wildman–Crippen MR) is 68.0 cm³/mol. The first-order valence-corrected chi connectivity index (χ1v) is 5.68. The second-order valence-electron chi connectivity index (χ2n) is 3.62. The zero-order valence-corrected chi connectivity index (χ0v) is 10.2. The second-order valence-corrected chi connectivity index (χ2v) is 4.02. The van der Waals surface area contributed by atoms with Gasteiger partial charge in [-0.3, -0.25) is 14.7 Å². The van der Waals surface area contributed by atoms with Gasteiger partial charge in [-0.1, -0.05) is 17.7 Å². The number of benzene rings is 1. The summed E-state index contributed by atoms with van der Waals surface area (Å²) in [6.45, 7) is 0.412. The molecule has 94 valence electrons. The normalized spacial score (nSPS) is 10.6. The van der Waals surface area contributed by atoms with E-state index < -0.39 is 4.92 Å². The lowest BCUT2D eigenvalue weighted by Crippen LogP contribution is -2.10. The van der Waals surface area contributed by atoms with Gasteiger partial charge in [0.2, 0.25) is 0 Å². The van der Waals surface area contributed by atoms with E-state index in [9.17, 15) is 10.1 Å². The van der Waals surface area contributed by atoms with E-state index in [-0.39, 0.29) is 5.69 Å². The smallest absolute Gasteiger partial charge is 0.294 e. The van der Waals surface area contributed by atoms with Crippen molar-refractivity contribution >= 4 is 17.3 Å². The number of nitro groups is 1. The Hall–Kier alpha value is -1.92. The van der Waals surface area contributed by atoms with E-state index in [1.807, 2.05) is 0 Å². The number of nitro benzene ring substituents is 1. The highest BCUT2D eigenvalue weighted by molar-refractivity contribution is 6.32. The van der Waals surface area contributed by atoms with Crippen molar-refractivity contribution in [1.82, 2.24) is 9.55 Å². The highest BCUT2D eigenvalue weighted by Crippen LogP contribution is 2.30. The molecule has 1 heterocycles. The largest absolute Gasteiger partial charge is 0.330 e. The van der Waals surface area contributed by atoms with Crippen LogP contribution in [0, 0.1) is 10.1 Å². The van der Waals surface area contributed by atoms with Gasteiger partial charge in [-0.15, -0.1) is 0 Å². The molecule has 0 radical (unpaired) electrons. The molecule has 2 rings (SSSR count). The molecule has 1 aromatic heterocycles. The summed E-state index contributed by atoms with van der Waals surface area (Å²) in [6.07, 6.45) is 3.73. The Morgan fingerprint density at radius 3 is 2.94 bits per heavy atom. The van der Waals surface area contributed by atoms with Crippen LogP contribution in [0.15, 0.2) is 30.6 Å². The summed E-state index contributed by atoms with van der Waals surface area (Å²) in [6, 6.07) is 4.56. The fraction of sp³-hybridized carbons (Fsp3) is 0.182. The first-order valence-electron chi connectivity index (χ1n) is 5.30. The average Bonchev–Trinajstić information content (AvgIpc) is 2.77. The summed E-state index contributed by atoms with van der Waals surface area (Å²) in [5.74, 6) is 0.647. The van der Waals surface area contributed by atoms with E-state index in [4.69, 9.17) is 17.3 Å². The fourth-order valence-corrected chi connectivity index (χ4v) is 2.00. The molecular formula is C11H11ClN4O2. The van der Waals surface area contributed by atoms with E-state index in [1.54, 1.807) is 29.1 Å². The van der Waals surface area contributed by atoms with Crippen molar-refractivity contribution in [3.63, 3.8) is 0 Å². The fourth-order valence-electron chi connectivity index (χ4n) is 1.74. The monoisotopic (exact) mass is 266 g/mol. The minimum absolute atomic E-state index is 0.0567. The third-order valence-corrected chi connectivity index (χ3v) is 2.79. The van der Waals surface area contributed by atoms with E-state index >= 15 is 0 Å². The summed E-state index contributed by atoms with van der Waals surface area (Å²) in [5, 5.41) is 11.3. The Bertz CT molecular complexity index is 582. The van der Waals surface area contributed by atoms with Crippen molar-refractivity contribution in [2.24, 2.45) is 5.73 Å². The minimum atomic E-state index is -0.465. The first-order chi connectivity index (χ1) is 8.65. The number of halogens is 1. The van der Waals surface area contributed by atoms with Crippen LogP contribution in [0.3, 0.4) is 0 Å². The molecule has 0 aliphatic rings. The van der Waals surface area contributed by atoms with Gasteiger partial charge in [0, 0.05) is 24.9 Å². The molecule has 0 aliphatic heterocycles. The number of aromatic nitrogens is 2. The maximum absolute atomic E-state index is 11.0. The van der Waals surface area contributed by atoms with Crippen molar-refractivity contribution in [3.05, 3.63) is 51.6 Å². The Labute approximate surface area is 108 Å². The van der Waals surface area contributed by atoms with Gasteiger partial charge in [-0.2, -0.15) is 0 Å². The van der Waals surface area contributed by atoms with E-state index in [1.165, 1.54) is 6.07 Å². The molecule has 2 aromatic rings. The molecule has 1 aromatic carbocycles. The van der Waals surface area contributed by atoms with Crippen molar-refractivity contribution in [2.45, 2.75) is 6.42 Å². The average molecular weight is 267 g/mol. The Morgan fingerprint density at radius 1 is 1.50 bits per heavy atom. The first kappa shape index (κ1) is 12.5. The molecule has 18 heavy (non-hydrogen) atoms. The van der Waals surface area contributed by atoms with E-state index in [0.717, 1.165) is 0 Å². The lowest BCUT2D eigenvalue weighted by molar-refractivity contribution is -0.384. The second kappa shape index (κ2) is 5.16. The van der Waals surface area contributed by atoms with Gasteiger partial charge in [0.15, 0.2) is 0 Å². The molecule has 0 aliphatic carbocycles. The van der Waals surface area contributed by atoms with Crippen molar-refractivity contribution < 1.29 is 4.92 Å². The number of imidazole rings is 1.